The van der Waals surface area contributed by atoms with Crippen LogP contribution in [0.4, 0.5) is 0 Å². The molecule has 1 aliphatic rings. The van der Waals surface area contributed by atoms with Gasteiger partial charge in [0, 0.05) is 17.6 Å². The van der Waals surface area contributed by atoms with E-state index in [1.807, 2.05) is 49.4 Å². The highest BCUT2D eigenvalue weighted by Crippen LogP contribution is 2.18. The van der Waals surface area contributed by atoms with E-state index < -0.39 is 6.04 Å². The summed E-state index contributed by atoms with van der Waals surface area (Å²) in [5.74, 6) is -0.105. The molecular formula is C24H29ClN2O2. The van der Waals surface area contributed by atoms with Crippen molar-refractivity contribution in [2.75, 3.05) is 6.54 Å². The number of nitrogens with one attached hydrogen (secondary N) is 1. The van der Waals surface area contributed by atoms with Crippen molar-refractivity contribution in [3.8, 4) is 0 Å². The molecule has 0 bridgehead atoms. The third-order valence-electron chi connectivity index (χ3n) is 5.62. The van der Waals surface area contributed by atoms with Gasteiger partial charge in [0.25, 0.3) is 0 Å². The van der Waals surface area contributed by atoms with Gasteiger partial charge in [-0.2, -0.15) is 0 Å². The normalized spacial score (nSPS) is 15.1. The Hall–Kier alpha value is -2.33. The van der Waals surface area contributed by atoms with Crippen molar-refractivity contribution >= 4 is 23.4 Å². The van der Waals surface area contributed by atoms with Crippen LogP contribution in [0.2, 0.25) is 5.02 Å². The minimum Gasteiger partial charge on any atom is -0.352 e. The van der Waals surface area contributed by atoms with Crippen molar-refractivity contribution in [3.63, 3.8) is 0 Å². The molecule has 1 aliphatic carbocycles. The fourth-order valence-electron chi connectivity index (χ4n) is 3.84. The van der Waals surface area contributed by atoms with Crippen LogP contribution in [-0.2, 0) is 22.4 Å². The maximum atomic E-state index is 13.1. The molecule has 2 aromatic carbocycles. The summed E-state index contributed by atoms with van der Waals surface area (Å²) >= 11 is 5.95. The maximum absolute atomic E-state index is 13.1. The van der Waals surface area contributed by atoms with Gasteiger partial charge in [-0.15, -0.1) is 0 Å². The first-order valence-electron chi connectivity index (χ1n) is 10.4. The topological polar surface area (TPSA) is 49.4 Å². The van der Waals surface area contributed by atoms with Crippen LogP contribution < -0.4 is 5.32 Å². The van der Waals surface area contributed by atoms with Gasteiger partial charge in [-0.25, -0.2) is 0 Å². The molecule has 0 unspecified atom stereocenters. The highest BCUT2D eigenvalue weighted by molar-refractivity contribution is 6.30. The summed E-state index contributed by atoms with van der Waals surface area (Å²) < 4.78 is 0. The third kappa shape index (κ3) is 6.33. The summed E-state index contributed by atoms with van der Waals surface area (Å²) in [5, 5.41) is 3.78. The summed E-state index contributed by atoms with van der Waals surface area (Å²) in [7, 11) is 0. The lowest BCUT2D eigenvalue weighted by atomic mass is 10.1. The predicted molar refractivity (Wildman–Crippen MR) is 117 cm³/mol. The molecule has 0 radical (unpaired) electrons. The first kappa shape index (κ1) is 21.4. The largest absolute Gasteiger partial charge is 0.352 e. The second kappa shape index (κ2) is 10.4. The van der Waals surface area contributed by atoms with Crippen LogP contribution in [0, 0.1) is 0 Å². The zero-order valence-corrected chi connectivity index (χ0v) is 17.7. The van der Waals surface area contributed by atoms with E-state index in [0.29, 0.717) is 18.0 Å². The van der Waals surface area contributed by atoms with Gasteiger partial charge >= 0.3 is 0 Å². The lowest BCUT2D eigenvalue weighted by Crippen LogP contribution is -2.51. The molecular weight excluding hydrogens is 384 g/mol. The van der Waals surface area contributed by atoms with Crippen LogP contribution in [0.15, 0.2) is 54.6 Å². The summed E-state index contributed by atoms with van der Waals surface area (Å²) in [6.07, 6.45) is 5.35. The number of hydrogen-bond acceptors (Lipinski definition) is 2. The number of amides is 2. The number of carbonyl (C=O) groups is 2. The minimum absolute atomic E-state index is 0.0441. The SMILES string of the molecule is C[C@H](C(=O)NC1CCCC1)N(CCc1ccccc1)C(=O)Cc1ccc(Cl)cc1. The third-order valence-corrected chi connectivity index (χ3v) is 5.87. The van der Waals surface area contributed by atoms with Gasteiger partial charge in [0.05, 0.1) is 6.42 Å². The number of hydrogen-bond donors (Lipinski definition) is 1. The van der Waals surface area contributed by atoms with Crippen LogP contribution in [0.3, 0.4) is 0 Å². The second-order valence-corrected chi connectivity index (χ2v) is 8.23. The fourth-order valence-corrected chi connectivity index (χ4v) is 3.97. The van der Waals surface area contributed by atoms with Crippen LogP contribution in [-0.4, -0.2) is 35.3 Å². The predicted octanol–water partition coefficient (Wildman–Crippen LogP) is 4.40. The summed E-state index contributed by atoms with van der Waals surface area (Å²) in [5.41, 5.74) is 2.05. The number of halogens is 1. The van der Waals surface area contributed by atoms with E-state index in [1.54, 1.807) is 17.0 Å². The Kier molecular flexibility index (Phi) is 7.70. The second-order valence-electron chi connectivity index (χ2n) is 7.79. The molecule has 154 valence electrons. The Bertz CT molecular complexity index is 801. The van der Waals surface area contributed by atoms with Gasteiger partial charge in [0.2, 0.25) is 11.8 Å². The monoisotopic (exact) mass is 412 g/mol. The number of rotatable bonds is 8. The van der Waals surface area contributed by atoms with Gasteiger partial charge in [-0.05, 0) is 49.4 Å². The molecule has 29 heavy (non-hydrogen) atoms. The molecule has 2 aromatic rings. The van der Waals surface area contributed by atoms with Crippen molar-refractivity contribution in [1.82, 2.24) is 10.2 Å². The van der Waals surface area contributed by atoms with E-state index >= 15 is 0 Å². The van der Waals surface area contributed by atoms with Crippen LogP contribution >= 0.6 is 11.6 Å². The van der Waals surface area contributed by atoms with Gasteiger partial charge in [0.15, 0.2) is 0 Å². The van der Waals surface area contributed by atoms with Crippen molar-refractivity contribution in [1.29, 1.82) is 0 Å². The van der Waals surface area contributed by atoms with E-state index in [1.165, 1.54) is 0 Å². The Morgan fingerprint density at radius 3 is 2.34 bits per heavy atom. The Balaban J connectivity index is 1.69. The highest BCUT2D eigenvalue weighted by Gasteiger charge is 2.28. The van der Waals surface area contributed by atoms with E-state index in [0.717, 1.165) is 36.8 Å². The first-order valence-corrected chi connectivity index (χ1v) is 10.8. The van der Waals surface area contributed by atoms with Crippen molar-refractivity contribution in [2.24, 2.45) is 0 Å². The number of carbonyl (C=O) groups excluding carboxylic acids is 2. The smallest absolute Gasteiger partial charge is 0.242 e. The molecule has 1 saturated carbocycles. The van der Waals surface area contributed by atoms with Gasteiger partial charge in [0.1, 0.15) is 6.04 Å². The molecule has 1 N–H and O–H groups in total. The fraction of sp³-hybridized carbons (Fsp3) is 0.417. The molecule has 2 amide bonds. The molecule has 1 fully saturated rings. The molecule has 0 aliphatic heterocycles. The van der Waals surface area contributed by atoms with Crippen LogP contribution in [0.1, 0.15) is 43.7 Å². The average molecular weight is 413 g/mol. The van der Waals surface area contributed by atoms with Crippen molar-refractivity contribution in [3.05, 3.63) is 70.7 Å². The average Bonchev–Trinajstić information content (AvgIpc) is 3.23. The molecule has 0 aromatic heterocycles. The molecule has 5 heteroatoms. The van der Waals surface area contributed by atoms with E-state index in [-0.39, 0.29) is 24.3 Å². The maximum Gasteiger partial charge on any atom is 0.242 e. The Labute approximate surface area is 178 Å². The van der Waals surface area contributed by atoms with E-state index in [2.05, 4.69) is 5.32 Å². The van der Waals surface area contributed by atoms with Gasteiger partial charge in [-0.3, -0.25) is 9.59 Å². The van der Waals surface area contributed by atoms with E-state index in [9.17, 15) is 9.59 Å². The van der Waals surface area contributed by atoms with Crippen molar-refractivity contribution in [2.45, 2.75) is 57.5 Å². The van der Waals surface area contributed by atoms with Crippen LogP contribution in [0.5, 0.6) is 0 Å². The van der Waals surface area contributed by atoms with Crippen LogP contribution in [0.25, 0.3) is 0 Å². The summed E-state index contributed by atoms with van der Waals surface area (Å²) in [4.78, 5) is 27.7. The molecule has 1 atom stereocenters. The lowest BCUT2D eigenvalue weighted by Gasteiger charge is -2.30. The molecule has 0 spiro atoms. The summed E-state index contributed by atoms with van der Waals surface area (Å²) in [6.45, 7) is 2.34. The molecule has 4 nitrogen and oxygen atoms in total. The minimum atomic E-state index is -0.501. The number of nitrogens with zero attached hydrogens (tertiary/aromatic N) is 1. The molecule has 0 saturated heterocycles. The van der Waals surface area contributed by atoms with E-state index in [4.69, 9.17) is 11.6 Å². The standard InChI is InChI=1S/C24H29ClN2O2/c1-18(24(29)26-22-9-5-6-10-22)27(16-15-19-7-3-2-4-8-19)23(28)17-20-11-13-21(25)14-12-20/h2-4,7-8,11-14,18,22H,5-6,9-10,15-17H2,1H3,(H,26,29)/t18-/m1/s1. The number of benzene rings is 2. The first-order chi connectivity index (χ1) is 14.0. The zero-order valence-electron chi connectivity index (χ0n) is 16.9. The van der Waals surface area contributed by atoms with Gasteiger partial charge < -0.3 is 10.2 Å². The highest BCUT2D eigenvalue weighted by atomic mass is 35.5. The Morgan fingerprint density at radius 1 is 1.03 bits per heavy atom. The van der Waals surface area contributed by atoms with Gasteiger partial charge in [-0.1, -0.05) is 66.9 Å². The quantitative estimate of drug-likeness (QED) is 0.698. The Morgan fingerprint density at radius 2 is 1.69 bits per heavy atom. The summed E-state index contributed by atoms with van der Waals surface area (Å²) in [6, 6.07) is 17.1. The zero-order chi connectivity index (χ0) is 20.6. The lowest BCUT2D eigenvalue weighted by molar-refractivity contribution is -0.139. The van der Waals surface area contributed by atoms with Crippen molar-refractivity contribution < 1.29 is 9.59 Å². The molecule has 3 rings (SSSR count). The molecule has 0 heterocycles.